The van der Waals surface area contributed by atoms with Gasteiger partial charge in [-0.1, -0.05) is 12.1 Å². The Morgan fingerprint density at radius 1 is 0.833 bits per heavy atom. The second-order valence-corrected chi connectivity index (χ2v) is 10.3. The van der Waals surface area contributed by atoms with Crippen LogP contribution in [0.4, 0.5) is 11.4 Å². The maximum Gasteiger partial charge on any atom is 0.261 e. The number of anilines is 2. The first-order valence-corrected chi connectivity index (χ1v) is 13.6. The molecule has 0 saturated heterocycles. The van der Waals surface area contributed by atoms with Crippen molar-refractivity contribution in [3.63, 3.8) is 0 Å². The maximum absolute atomic E-state index is 13.1. The average Bonchev–Trinajstić information content (AvgIpc) is 3.61. The van der Waals surface area contributed by atoms with Crippen LogP contribution in [0.1, 0.15) is 40.6 Å². The predicted molar refractivity (Wildman–Crippen MR) is 160 cm³/mol. The minimum absolute atomic E-state index is 0.171. The van der Waals surface area contributed by atoms with Gasteiger partial charge in [0.05, 0.1) is 54.5 Å². The van der Waals surface area contributed by atoms with E-state index in [1.54, 1.807) is 56.9 Å². The molecule has 3 aromatic carbocycles. The molecule has 1 aliphatic heterocycles. The third-order valence-corrected chi connectivity index (χ3v) is 7.34. The average molecular weight is 563 g/mol. The molecule has 3 heterocycles. The highest BCUT2D eigenvalue weighted by Gasteiger charge is 2.35. The molecular weight excluding hydrogens is 532 g/mol. The molecular formula is C32H30N6O4. The number of carbonyl (C=O) groups is 2. The molecule has 0 fully saturated rings. The second-order valence-electron chi connectivity index (χ2n) is 10.3. The standard InChI is InChI=1S/C32H30N6O4/c1-20(2)38-19-21(17-34-38)30-18-33-28-10-9-22(15-29(28)35-30)36(23-13-24(41-3)16-25(14-23)42-4)11-12-37-31(39)26-7-5-6-8-27(26)32(37)40/h5-10,13-20H,11-12H2,1-4H3. The van der Waals surface area contributed by atoms with Crippen LogP contribution >= 0.6 is 0 Å². The van der Waals surface area contributed by atoms with Gasteiger partial charge in [-0.05, 0) is 44.2 Å². The Morgan fingerprint density at radius 3 is 2.14 bits per heavy atom. The monoisotopic (exact) mass is 562 g/mol. The molecule has 0 aliphatic carbocycles. The van der Waals surface area contributed by atoms with E-state index in [0.29, 0.717) is 40.4 Å². The number of methoxy groups -OCH3 is 2. The lowest BCUT2D eigenvalue weighted by molar-refractivity contribution is 0.0659. The number of nitrogens with zero attached hydrogens (tertiary/aromatic N) is 6. The van der Waals surface area contributed by atoms with Gasteiger partial charge in [0.1, 0.15) is 11.5 Å². The minimum Gasteiger partial charge on any atom is -0.497 e. The summed E-state index contributed by atoms with van der Waals surface area (Å²) in [4.78, 5) is 39.1. The van der Waals surface area contributed by atoms with Crippen LogP contribution in [-0.4, -0.2) is 63.8 Å². The number of hydrogen-bond acceptors (Lipinski definition) is 8. The van der Waals surface area contributed by atoms with E-state index in [0.717, 1.165) is 22.5 Å². The summed E-state index contributed by atoms with van der Waals surface area (Å²) in [6, 6.07) is 18.5. The molecule has 10 heteroatoms. The van der Waals surface area contributed by atoms with Crippen LogP contribution in [0.5, 0.6) is 11.5 Å². The summed E-state index contributed by atoms with van der Waals surface area (Å²) in [5.41, 5.74) is 5.45. The lowest BCUT2D eigenvalue weighted by Gasteiger charge is -2.28. The minimum atomic E-state index is -0.297. The fourth-order valence-electron chi connectivity index (χ4n) is 5.06. The molecule has 0 spiro atoms. The van der Waals surface area contributed by atoms with Crippen LogP contribution in [0.2, 0.25) is 0 Å². The molecule has 0 atom stereocenters. The predicted octanol–water partition coefficient (Wildman–Crippen LogP) is 5.53. The molecule has 0 unspecified atom stereocenters. The van der Waals surface area contributed by atoms with Gasteiger partial charge in [-0.2, -0.15) is 5.10 Å². The largest absolute Gasteiger partial charge is 0.497 e. The first kappa shape index (κ1) is 26.9. The van der Waals surface area contributed by atoms with Crippen LogP contribution in [0.25, 0.3) is 22.3 Å². The van der Waals surface area contributed by atoms with E-state index >= 15 is 0 Å². The first-order chi connectivity index (χ1) is 20.4. The number of rotatable bonds is 9. The Balaban J connectivity index is 1.38. The topological polar surface area (TPSA) is 103 Å². The summed E-state index contributed by atoms with van der Waals surface area (Å²) in [7, 11) is 3.19. The normalized spacial score (nSPS) is 12.7. The first-order valence-electron chi connectivity index (χ1n) is 13.6. The van der Waals surface area contributed by atoms with E-state index in [1.165, 1.54) is 4.90 Å². The summed E-state index contributed by atoms with van der Waals surface area (Å²) in [5, 5.41) is 4.44. The molecule has 5 aromatic rings. The number of imide groups is 1. The summed E-state index contributed by atoms with van der Waals surface area (Å²) in [6.45, 7) is 4.63. The molecule has 1 aliphatic rings. The lowest BCUT2D eigenvalue weighted by Crippen LogP contribution is -2.36. The summed E-state index contributed by atoms with van der Waals surface area (Å²) >= 11 is 0. The molecule has 10 nitrogen and oxygen atoms in total. The Kier molecular flexibility index (Phi) is 7.03. The number of ether oxygens (including phenoxy) is 2. The molecule has 42 heavy (non-hydrogen) atoms. The van der Waals surface area contributed by atoms with Gasteiger partial charge in [0.2, 0.25) is 0 Å². The number of aromatic nitrogens is 4. The molecule has 2 aromatic heterocycles. The SMILES string of the molecule is COc1cc(OC)cc(N(CCN2C(=O)c3ccccc3C2=O)c2ccc3ncc(-c4cnn(C(C)C)c4)nc3c2)c1. The van der Waals surface area contributed by atoms with E-state index in [1.807, 2.05) is 46.1 Å². The van der Waals surface area contributed by atoms with Gasteiger partial charge in [-0.15, -0.1) is 0 Å². The molecule has 0 bridgehead atoms. The smallest absolute Gasteiger partial charge is 0.261 e. The van der Waals surface area contributed by atoms with Crippen molar-refractivity contribution >= 4 is 34.2 Å². The van der Waals surface area contributed by atoms with E-state index < -0.39 is 0 Å². The Hall–Kier alpha value is -5.25. The molecule has 2 amide bonds. The fraction of sp³-hybridized carbons (Fsp3) is 0.219. The zero-order chi connectivity index (χ0) is 29.4. The van der Waals surface area contributed by atoms with Crippen LogP contribution in [0, 0.1) is 0 Å². The molecule has 6 rings (SSSR count). The highest BCUT2D eigenvalue weighted by Crippen LogP contribution is 2.34. The molecule has 0 N–H and O–H groups in total. The van der Waals surface area contributed by atoms with Gasteiger partial charge in [0.25, 0.3) is 11.8 Å². The second kappa shape index (κ2) is 11.0. The van der Waals surface area contributed by atoms with Crippen molar-refractivity contribution in [2.45, 2.75) is 19.9 Å². The highest BCUT2D eigenvalue weighted by molar-refractivity contribution is 6.21. The molecule has 0 radical (unpaired) electrons. The van der Waals surface area contributed by atoms with E-state index in [9.17, 15) is 9.59 Å². The zero-order valence-corrected chi connectivity index (χ0v) is 23.8. The van der Waals surface area contributed by atoms with E-state index in [2.05, 4.69) is 23.9 Å². The lowest BCUT2D eigenvalue weighted by atomic mass is 10.1. The summed E-state index contributed by atoms with van der Waals surface area (Å²) < 4.78 is 13.0. The van der Waals surface area contributed by atoms with Gasteiger partial charge in [-0.3, -0.25) is 24.2 Å². The van der Waals surface area contributed by atoms with Crippen LogP contribution < -0.4 is 14.4 Å². The van der Waals surface area contributed by atoms with Crippen molar-refractivity contribution in [2.24, 2.45) is 0 Å². The Labute approximate surface area is 243 Å². The van der Waals surface area contributed by atoms with Crippen molar-refractivity contribution < 1.29 is 19.1 Å². The Morgan fingerprint density at radius 2 is 1.52 bits per heavy atom. The van der Waals surface area contributed by atoms with E-state index in [-0.39, 0.29) is 24.4 Å². The highest BCUT2D eigenvalue weighted by atomic mass is 16.5. The van der Waals surface area contributed by atoms with Crippen LogP contribution in [0.3, 0.4) is 0 Å². The zero-order valence-electron chi connectivity index (χ0n) is 23.8. The Bertz CT molecular complexity index is 1760. The van der Waals surface area contributed by atoms with Crippen molar-refractivity contribution in [2.75, 3.05) is 32.2 Å². The number of fused-ring (bicyclic) bond motifs is 2. The van der Waals surface area contributed by atoms with Gasteiger partial charge < -0.3 is 14.4 Å². The van der Waals surface area contributed by atoms with E-state index in [4.69, 9.17) is 14.5 Å². The third kappa shape index (κ3) is 4.91. The number of benzene rings is 3. The number of hydrogen-bond donors (Lipinski definition) is 0. The molecule has 0 saturated carbocycles. The summed E-state index contributed by atoms with van der Waals surface area (Å²) in [5.74, 6) is 0.629. The van der Waals surface area contributed by atoms with Crippen molar-refractivity contribution in [3.05, 3.63) is 90.4 Å². The number of amides is 2. The van der Waals surface area contributed by atoms with Gasteiger partial charge in [-0.25, -0.2) is 4.98 Å². The van der Waals surface area contributed by atoms with Crippen LogP contribution in [0.15, 0.2) is 79.3 Å². The van der Waals surface area contributed by atoms with Crippen molar-refractivity contribution in [1.82, 2.24) is 24.6 Å². The van der Waals surface area contributed by atoms with Gasteiger partial charge >= 0.3 is 0 Å². The molecule has 212 valence electrons. The van der Waals surface area contributed by atoms with Gasteiger partial charge in [0.15, 0.2) is 0 Å². The summed E-state index contributed by atoms with van der Waals surface area (Å²) in [6.07, 6.45) is 5.49. The third-order valence-electron chi connectivity index (χ3n) is 7.34. The van der Waals surface area contributed by atoms with Crippen LogP contribution in [-0.2, 0) is 0 Å². The van der Waals surface area contributed by atoms with Gasteiger partial charge in [0, 0.05) is 60.5 Å². The van der Waals surface area contributed by atoms with Crippen molar-refractivity contribution in [1.29, 1.82) is 0 Å². The fourth-order valence-corrected chi connectivity index (χ4v) is 5.06. The number of carbonyl (C=O) groups excluding carboxylic acids is 2. The van der Waals surface area contributed by atoms with Crippen molar-refractivity contribution in [3.8, 4) is 22.8 Å². The quantitative estimate of drug-likeness (QED) is 0.216. The maximum atomic E-state index is 13.1.